The zero-order valence-corrected chi connectivity index (χ0v) is 14.7. The number of halogens is 1. The Bertz CT molecular complexity index is 1070. The third kappa shape index (κ3) is 3.62. The number of hydrogen-bond acceptors (Lipinski definition) is 2. The van der Waals surface area contributed by atoms with E-state index in [0.717, 1.165) is 17.5 Å². The normalized spacial score (nSPS) is 11.0. The standard InChI is InChI=1S/C22H19FN2O2/c23-18-9-5-4-8-17(18)15-25-19-11-13-27-21(19)14-20(25)22(26)24-12-10-16-6-2-1-3-7-16/h1-9,11,13-14H,10,12,15H2,(H,24,26). The molecule has 4 nitrogen and oxygen atoms in total. The summed E-state index contributed by atoms with van der Waals surface area (Å²) in [7, 11) is 0. The molecule has 0 atom stereocenters. The largest absolute Gasteiger partial charge is 0.463 e. The molecule has 0 aliphatic heterocycles. The number of benzene rings is 2. The molecule has 0 saturated carbocycles. The number of carbonyl (C=O) groups excluding carboxylic acids is 1. The lowest BCUT2D eigenvalue weighted by atomic mass is 10.1. The van der Waals surface area contributed by atoms with E-state index in [1.165, 1.54) is 6.07 Å². The fourth-order valence-electron chi connectivity index (χ4n) is 3.19. The smallest absolute Gasteiger partial charge is 0.268 e. The van der Waals surface area contributed by atoms with Crippen LogP contribution in [0.1, 0.15) is 21.6 Å². The molecule has 0 unspecified atom stereocenters. The van der Waals surface area contributed by atoms with Gasteiger partial charge in [-0.2, -0.15) is 0 Å². The molecule has 2 heterocycles. The van der Waals surface area contributed by atoms with E-state index in [1.807, 2.05) is 30.3 Å². The number of hydrogen-bond donors (Lipinski definition) is 1. The molecule has 27 heavy (non-hydrogen) atoms. The Hall–Kier alpha value is -3.34. The van der Waals surface area contributed by atoms with Gasteiger partial charge in [0.1, 0.15) is 11.5 Å². The minimum absolute atomic E-state index is 0.200. The van der Waals surface area contributed by atoms with Gasteiger partial charge in [0.2, 0.25) is 0 Å². The maximum absolute atomic E-state index is 14.1. The van der Waals surface area contributed by atoms with Crippen molar-refractivity contribution in [2.75, 3.05) is 6.54 Å². The topological polar surface area (TPSA) is 47.2 Å². The Kier molecular flexibility index (Phi) is 4.75. The highest BCUT2D eigenvalue weighted by molar-refractivity contribution is 5.97. The summed E-state index contributed by atoms with van der Waals surface area (Å²) >= 11 is 0. The maximum Gasteiger partial charge on any atom is 0.268 e. The van der Waals surface area contributed by atoms with Gasteiger partial charge in [-0.3, -0.25) is 4.79 Å². The first-order valence-electron chi connectivity index (χ1n) is 8.84. The van der Waals surface area contributed by atoms with Crippen molar-refractivity contribution in [1.82, 2.24) is 9.88 Å². The molecular formula is C22H19FN2O2. The number of carbonyl (C=O) groups is 1. The molecular weight excluding hydrogens is 343 g/mol. The fourth-order valence-corrected chi connectivity index (χ4v) is 3.19. The quantitative estimate of drug-likeness (QED) is 0.553. The number of furan rings is 1. The van der Waals surface area contributed by atoms with Crippen LogP contribution in [0.4, 0.5) is 4.39 Å². The summed E-state index contributed by atoms with van der Waals surface area (Å²) in [5.41, 5.74) is 3.52. The summed E-state index contributed by atoms with van der Waals surface area (Å²) < 4.78 is 21.3. The van der Waals surface area contributed by atoms with Crippen LogP contribution in [0.5, 0.6) is 0 Å². The summed E-state index contributed by atoms with van der Waals surface area (Å²) in [6.45, 7) is 0.784. The first kappa shape index (κ1) is 17.1. The highest BCUT2D eigenvalue weighted by Gasteiger charge is 2.18. The Morgan fingerprint density at radius 1 is 1.04 bits per heavy atom. The number of nitrogens with one attached hydrogen (secondary N) is 1. The number of fused-ring (bicyclic) bond motifs is 1. The number of rotatable bonds is 6. The molecule has 0 saturated heterocycles. The number of amides is 1. The van der Waals surface area contributed by atoms with Crippen LogP contribution in [-0.2, 0) is 13.0 Å². The summed E-state index contributed by atoms with van der Waals surface area (Å²) in [4.78, 5) is 12.7. The summed E-state index contributed by atoms with van der Waals surface area (Å²) in [6, 6.07) is 20.0. The molecule has 2 aromatic heterocycles. The van der Waals surface area contributed by atoms with Gasteiger partial charge in [-0.15, -0.1) is 0 Å². The van der Waals surface area contributed by atoms with Gasteiger partial charge < -0.3 is 14.3 Å². The Morgan fingerprint density at radius 3 is 2.63 bits per heavy atom. The van der Waals surface area contributed by atoms with Crippen LogP contribution >= 0.6 is 0 Å². The van der Waals surface area contributed by atoms with Crippen LogP contribution in [0.2, 0.25) is 0 Å². The second kappa shape index (κ2) is 7.50. The van der Waals surface area contributed by atoms with Gasteiger partial charge in [0.25, 0.3) is 5.91 Å². The zero-order chi connectivity index (χ0) is 18.6. The molecule has 5 heteroatoms. The zero-order valence-electron chi connectivity index (χ0n) is 14.7. The van der Waals surface area contributed by atoms with E-state index in [9.17, 15) is 9.18 Å². The van der Waals surface area contributed by atoms with Crippen molar-refractivity contribution in [3.63, 3.8) is 0 Å². The molecule has 0 aliphatic rings. The SMILES string of the molecule is O=C(NCCc1ccccc1)c1cc2occc2n1Cc1ccccc1F. The van der Waals surface area contributed by atoms with Crippen LogP contribution in [0.3, 0.4) is 0 Å². The van der Waals surface area contributed by atoms with Gasteiger partial charge >= 0.3 is 0 Å². The van der Waals surface area contributed by atoms with E-state index in [1.54, 1.807) is 41.2 Å². The maximum atomic E-state index is 14.1. The first-order valence-corrected chi connectivity index (χ1v) is 8.84. The van der Waals surface area contributed by atoms with Crippen LogP contribution in [-0.4, -0.2) is 17.0 Å². The van der Waals surface area contributed by atoms with E-state index in [4.69, 9.17) is 4.42 Å². The van der Waals surface area contributed by atoms with Crippen LogP contribution < -0.4 is 5.32 Å². The second-order valence-corrected chi connectivity index (χ2v) is 6.37. The van der Waals surface area contributed by atoms with Crippen molar-refractivity contribution in [2.45, 2.75) is 13.0 Å². The van der Waals surface area contributed by atoms with Gasteiger partial charge in [-0.25, -0.2) is 4.39 Å². The minimum Gasteiger partial charge on any atom is -0.463 e. The van der Waals surface area contributed by atoms with Crippen molar-refractivity contribution in [2.24, 2.45) is 0 Å². The number of nitrogens with zero attached hydrogens (tertiary/aromatic N) is 1. The van der Waals surface area contributed by atoms with Crippen molar-refractivity contribution in [3.05, 3.63) is 95.6 Å². The second-order valence-electron chi connectivity index (χ2n) is 6.37. The average Bonchev–Trinajstić information content (AvgIpc) is 3.27. The molecule has 4 aromatic rings. The molecule has 1 amide bonds. The van der Waals surface area contributed by atoms with Crippen molar-refractivity contribution in [3.8, 4) is 0 Å². The molecule has 1 N–H and O–H groups in total. The third-order valence-corrected chi connectivity index (χ3v) is 4.58. The average molecular weight is 362 g/mol. The minimum atomic E-state index is -0.293. The van der Waals surface area contributed by atoms with E-state index in [-0.39, 0.29) is 18.3 Å². The highest BCUT2D eigenvalue weighted by Crippen LogP contribution is 2.23. The lowest BCUT2D eigenvalue weighted by Gasteiger charge is -2.11. The van der Waals surface area contributed by atoms with Crippen LogP contribution in [0, 0.1) is 5.82 Å². The van der Waals surface area contributed by atoms with Gasteiger partial charge in [-0.05, 0) is 18.1 Å². The van der Waals surface area contributed by atoms with Crippen LogP contribution in [0.25, 0.3) is 11.1 Å². The van der Waals surface area contributed by atoms with Crippen molar-refractivity contribution < 1.29 is 13.6 Å². The lowest BCUT2D eigenvalue weighted by molar-refractivity contribution is 0.0945. The van der Waals surface area contributed by atoms with Crippen LogP contribution in [0.15, 0.2) is 77.4 Å². The van der Waals surface area contributed by atoms with Gasteiger partial charge in [0.15, 0.2) is 5.58 Å². The Labute approximate surface area is 156 Å². The summed E-state index contributed by atoms with van der Waals surface area (Å²) in [5.74, 6) is -0.494. The van der Waals surface area contributed by atoms with E-state index < -0.39 is 0 Å². The molecule has 0 spiro atoms. The van der Waals surface area contributed by atoms with E-state index >= 15 is 0 Å². The lowest BCUT2D eigenvalue weighted by Crippen LogP contribution is -2.28. The molecule has 136 valence electrons. The predicted molar refractivity (Wildman–Crippen MR) is 102 cm³/mol. The van der Waals surface area contributed by atoms with Gasteiger partial charge in [0, 0.05) is 24.2 Å². The summed E-state index contributed by atoms with van der Waals surface area (Å²) in [6.07, 6.45) is 2.32. The van der Waals surface area contributed by atoms with E-state index in [2.05, 4.69) is 5.32 Å². The Morgan fingerprint density at radius 2 is 1.81 bits per heavy atom. The molecule has 4 rings (SSSR count). The molecule has 0 radical (unpaired) electrons. The molecule has 0 fully saturated rings. The van der Waals surface area contributed by atoms with Gasteiger partial charge in [-0.1, -0.05) is 48.5 Å². The predicted octanol–water partition coefficient (Wildman–Crippen LogP) is 4.39. The number of aromatic nitrogens is 1. The first-order chi connectivity index (χ1) is 13.2. The fraction of sp³-hybridized carbons (Fsp3) is 0.136. The van der Waals surface area contributed by atoms with E-state index in [0.29, 0.717) is 23.4 Å². The molecule has 0 aliphatic carbocycles. The van der Waals surface area contributed by atoms with Crippen molar-refractivity contribution >= 4 is 17.0 Å². The highest BCUT2D eigenvalue weighted by atomic mass is 19.1. The summed E-state index contributed by atoms with van der Waals surface area (Å²) in [5, 5.41) is 2.94. The monoisotopic (exact) mass is 362 g/mol. The van der Waals surface area contributed by atoms with Gasteiger partial charge in [0.05, 0.1) is 18.3 Å². The Balaban J connectivity index is 1.55. The van der Waals surface area contributed by atoms with Crippen molar-refractivity contribution in [1.29, 1.82) is 0 Å². The molecule has 0 bridgehead atoms. The third-order valence-electron chi connectivity index (χ3n) is 4.58. The molecule has 2 aromatic carbocycles.